The van der Waals surface area contributed by atoms with Crippen LogP contribution in [-0.2, 0) is 4.79 Å². The largest absolute Gasteiger partial charge is 0.345 e. The van der Waals surface area contributed by atoms with Crippen LogP contribution in [0.5, 0.6) is 0 Å². The van der Waals surface area contributed by atoms with E-state index < -0.39 is 0 Å². The van der Waals surface area contributed by atoms with Gasteiger partial charge in [-0.3, -0.25) is 9.59 Å². The zero-order chi connectivity index (χ0) is 18.0. The maximum Gasteiger partial charge on any atom is 0.257 e. The number of pyridine rings is 1. The van der Waals surface area contributed by atoms with Crippen molar-refractivity contribution in [1.29, 1.82) is 0 Å². The number of hydrogen-bond acceptors (Lipinski definition) is 5. The van der Waals surface area contributed by atoms with Gasteiger partial charge < -0.3 is 15.2 Å². The van der Waals surface area contributed by atoms with Crippen LogP contribution in [-0.4, -0.2) is 22.0 Å². The van der Waals surface area contributed by atoms with Crippen molar-refractivity contribution in [2.45, 2.75) is 26.8 Å². The Morgan fingerprint density at radius 3 is 2.80 bits per heavy atom. The molecule has 1 atom stereocenters. The zero-order valence-corrected chi connectivity index (χ0v) is 14.2. The summed E-state index contributed by atoms with van der Waals surface area (Å²) >= 11 is 0. The maximum atomic E-state index is 12.5. The highest BCUT2D eigenvalue weighted by atomic mass is 16.5. The van der Waals surface area contributed by atoms with Gasteiger partial charge in [-0.05, 0) is 37.6 Å². The van der Waals surface area contributed by atoms with Crippen LogP contribution in [0.25, 0.3) is 11.1 Å². The van der Waals surface area contributed by atoms with Gasteiger partial charge in [0.25, 0.3) is 11.6 Å². The molecule has 2 aromatic heterocycles. The second-order valence-electron chi connectivity index (χ2n) is 5.85. The van der Waals surface area contributed by atoms with E-state index in [2.05, 4.69) is 20.8 Å². The van der Waals surface area contributed by atoms with E-state index in [9.17, 15) is 9.59 Å². The summed E-state index contributed by atoms with van der Waals surface area (Å²) in [5.74, 6) is -0.385. The SMILES string of the molecule is CC(=O)Nc1cccc([C@@H](C)NC(=O)c2cnc3onc(C)c3c2)c1. The van der Waals surface area contributed by atoms with E-state index in [0.717, 1.165) is 5.56 Å². The number of amides is 2. The first-order chi connectivity index (χ1) is 11.9. The number of aromatic nitrogens is 2. The third-order valence-electron chi connectivity index (χ3n) is 3.83. The summed E-state index contributed by atoms with van der Waals surface area (Å²) in [5, 5.41) is 10.2. The first-order valence-corrected chi connectivity index (χ1v) is 7.84. The molecule has 7 heteroatoms. The molecule has 0 aliphatic rings. The van der Waals surface area contributed by atoms with Crippen molar-refractivity contribution >= 4 is 28.6 Å². The van der Waals surface area contributed by atoms with Gasteiger partial charge in [0.1, 0.15) is 0 Å². The number of nitrogens with zero attached hydrogens (tertiary/aromatic N) is 2. The highest BCUT2D eigenvalue weighted by Gasteiger charge is 2.15. The van der Waals surface area contributed by atoms with Crippen molar-refractivity contribution in [2.75, 3.05) is 5.32 Å². The van der Waals surface area contributed by atoms with Crippen molar-refractivity contribution in [1.82, 2.24) is 15.5 Å². The van der Waals surface area contributed by atoms with Crippen molar-refractivity contribution in [3.05, 3.63) is 53.3 Å². The predicted octanol–water partition coefficient (Wildman–Crippen LogP) is 2.98. The Hall–Kier alpha value is -3.22. The molecule has 0 unspecified atom stereocenters. The van der Waals surface area contributed by atoms with Crippen molar-refractivity contribution in [3.8, 4) is 0 Å². The lowest BCUT2D eigenvalue weighted by Crippen LogP contribution is -2.26. The number of aryl methyl sites for hydroxylation is 1. The monoisotopic (exact) mass is 338 g/mol. The fourth-order valence-corrected chi connectivity index (χ4v) is 2.52. The topological polar surface area (TPSA) is 97.1 Å². The molecule has 1 aromatic carbocycles. The summed E-state index contributed by atoms with van der Waals surface area (Å²) in [4.78, 5) is 27.8. The van der Waals surface area contributed by atoms with Crippen LogP contribution in [0, 0.1) is 6.92 Å². The Balaban J connectivity index is 1.77. The molecule has 0 saturated carbocycles. The Kier molecular flexibility index (Phi) is 4.47. The number of benzene rings is 1. The van der Waals surface area contributed by atoms with Gasteiger partial charge in [0.15, 0.2) is 0 Å². The van der Waals surface area contributed by atoms with Gasteiger partial charge in [-0.15, -0.1) is 0 Å². The zero-order valence-electron chi connectivity index (χ0n) is 14.2. The summed E-state index contributed by atoms with van der Waals surface area (Å²) in [6.45, 7) is 5.13. The van der Waals surface area contributed by atoms with Gasteiger partial charge in [0.05, 0.1) is 22.7 Å². The highest BCUT2D eigenvalue weighted by Crippen LogP contribution is 2.20. The number of rotatable bonds is 4. The van der Waals surface area contributed by atoms with E-state index in [1.54, 1.807) is 19.1 Å². The average Bonchev–Trinajstić information content (AvgIpc) is 2.95. The lowest BCUT2D eigenvalue weighted by molar-refractivity contribution is -0.114. The van der Waals surface area contributed by atoms with Crippen molar-refractivity contribution in [2.24, 2.45) is 0 Å². The van der Waals surface area contributed by atoms with Crippen LogP contribution in [0.1, 0.15) is 41.5 Å². The molecule has 0 aliphatic carbocycles. The molecule has 7 nitrogen and oxygen atoms in total. The van der Waals surface area contributed by atoms with Gasteiger partial charge >= 0.3 is 0 Å². The molecular formula is C18H18N4O3. The van der Waals surface area contributed by atoms with Gasteiger partial charge in [-0.1, -0.05) is 17.3 Å². The molecule has 2 N–H and O–H groups in total. The van der Waals surface area contributed by atoms with Gasteiger partial charge in [-0.2, -0.15) is 0 Å². The molecular weight excluding hydrogens is 320 g/mol. The van der Waals surface area contributed by atoms with Gasteiger partial charge in [-0.25, -0.2) is 4.98 Å². The Morgan fingerprint density at radius 1 is 1.24 bits per heavy atom. The van der Waals surface area contributed by atoms with Crippen LogP contribution in [0.15, 0.2) is 41.1 Å². The molecule has 3 aromatic rings. The third-order valence-corrected chi connectivity index (χ3v) is 3.83. The normalized spacial score (nSPS) is 12.0. The number of anilines is 1. The Bertz CT molecular complexity index is 948. The quantitative estimate of drug-likeness (QED) is 0.762. The average molecular weight is 338 g/mol. The smallest absolute Gasteiger partial charge is 0.257 e. The lowest BCUT2D eigenvalue weighted by atomic mass is 10.1. The number of nitrogens with one attached hydrogen (secondary N) is 2. The van der Waals surface area contributed by atoms with E-state index >= 15 is 0 Å². The van der Waals surface area contributed by atoms with E-state index in [1.165, 1.54) is 13.1 Å². The van der Waals surface area contributed by atoms with Crippen LogP contribution < -0.4 is 10.6 Å². The van der Waals surface area contributed by atoms with Crippen molar-refractivity contribution in [3.63, 3.8) is 0 Å². The molecule has 0 spiro atoms. The second kappa shape index (κ2) is 6.72. The summed E-state index contributed by atoms with van der Waals surface area (Å²) in [7, 11) is 0. The molecule has 2 heterocycles. The molecule has 2 amide bonds. The molecule has 0 aliphatic heterocycles. The predicted molar refractivity (Wildman–Crippen MR) is 93.2 cm³/mol. The van der Waals surface area contributed by atoms with Crippen LogP contribution >= 0.6 is 0 Å². The first-order valence-electron chi connectivity index (χ1n) is 7.84. The van der Waals surface area contributed by atoms with Crippen LogP contribution in [0.3, 0.4) is 0 Å². The molecule has 0 radical (unpaired) electrons. The molecule has 3 rings (SSSR count). The maximum absolute atomic E-state index is 12.5. The van der Waals surface area contributed by atoms with E-state index in [0.29, 0.717) is 28.0 Å². The number of carbonyl (C=O) groups is 2. The molecule has 0 saturated heterocycles. The van der Waals surface area contributed by atoms with Crippen LogP contribution in [0.2, 0.25) is 0 Å². The Morgan fingerprint density at radius 2 is 2.04 bits per heavy atom. The summed E-state index contributed by atoms with van der Waals surface area (Å²) in [6.07, 6.45) is 1.46. The van der Waals surface area contributed by atoms with Crippen molar-refractivity contribution < 1.29 is 14.1 Å². The van der Waals surface area contributed by atoms with Gasteiger partial charge in [0, 0.05) is 18.8 Å². The number of carbonyl (C=O) groups excluding carboxylic acids is 2. The fourth-order valence-electron chi connectivity index (χ4n) is 2.52. The Labute approximate surface area is 144 Å². The minimum atomic E-state index is -0.243. The fraction of sp³-hybridized carbons (Fsp3) is 0.222. The standard InChI is InChI=1S/C18H18N4O3/c1-10(13-5-4-6-15(7-13)21-12(3)23)20-17(24)14-8-16-11(2)22-25-18(16)19-9-14/h4-10H,1-3H3,(H,20,24)(H,21,23)/t10-/m1/s1. The van der Waals surface area contributed by atoms with E-state index in [4.69, 9.17) is 4.52 Å². The second-order valence-corrected chi connectivity index (χ2v) is 5.85. The van der Waals surface area contributed by atoms with E-state index in [1.807, 2.05) is 25.1 Å². The number of fused-ring (bicyclic) bond motifs is 1. The lowest BCUT2D eigenvalue weighted by Gasteiger charge is -2.15. The van der Waals surface area contributed by atoms with E-state index in [-0.39, 0.29) is 17.9 Å². The van der Waals surface area contributed by atoms with Gasteiger partial charge in [0.2, 0.25) is 5.91 Å². The minimum absolute atomic E-state index is 0.141. The molecule has 0 fully saturated rings. The molecule has 0 bridgehead atoms. The molecule has 128 valence electrons. The molecule has 25 heavy (non-hydrogen) atoms. The summed E-state index contributed by atoms with van der Waals surface area (Å²) < 4.78 is 5.05. The first kappa shape index (κ1) is 16.6. The highest BCUT2D eigenvalue weighted by molar-refractivity contribution is 5.97. The minimum Gasteiger partial charge on any atom is -0.345 e. The summed E-state index contributed by atoms with van der Waals surface area (Å²) in [5.41, 5.74) is 3.10. The van der Waals surface area contributed by atoms with Crippen LogP contribution in [0.4, 0.5) is 5.69 Å². The number of hydrogen-bond donors (Lipinski definition) is 2. The summed E-state index contributed by atoms with van der Waals surface area (Å²) in [6, 6.07) is 8.83. The third kappa shape index (κ3) is 3.65.